The van der Waals surface area contributed by atoms with E-state index in [2.05, 4.69) is 5.32 Å². The normalized spacial score (nSPS) is 33.6. The van der Waals surface area contributed by atoms with E-state index >= 15 is 0 Å². The highest BCUT2D eigenvalue weighted by Crippen LogP contribution is 2.45. The Morgan fingerprint density at radius 3 is 3.05 bits per heavy atom. The number of hydrogen-bond donors (Lipinski definition) is 1. The van der Waals surface area contributed by atoms with E-state index in [0.29, 0.717) is 6.04 Å². The van der Waals surface area contributed by atoms with Gasteiger partial charge in [0, 0.05) is 18.7 Å². The molecular weight excluding hydrogens is 245 g/mol. The molecule has 2 heterocycles. The summed E-state index contributed by atoms with van der Waals surface area (Å²) >= 11 is 0. The molecule has 3 atom stereocenters. The molecule has 0 radical (unpaired) electrons. The van der Waals surface area contributed by atoms with E-state index in [9.17, 15) is 4.39 Å². The standard InChI is InChI=1S/C15H20FNO2/c1-18-10-19-14-9-11-5-4-8-15(14,17-11)12-6-2-3-7-13(12)16/h2-3,6-7,11,14,17H,4-5,8-10H2,1H3. The number of nitrogens with one attached hydrogen (secondary N) is 1. The van der Waals surface area contributed by atoms with Crippen molar-refractivity contribution in [2.24, 2.45) is 0 Å². The molecular formula is C15H20FNO2. The summed E-state index contributed by atoms with van der Waals surface area (Å²) in [5, 5.41) is 3.60. The van der Waals surface area contributed by atoms with Gasteiger partial charge in [-0.3, -0.25) is 0 Å². The Kier molecular flexibility index (Phi) is 3.56. The minimum atomic E-state index is -0.382. The summed E-state index contributed by atoms with van der Waals surface area (Å²) in [6.07, 6.45) is 4.08. The molecule has 4 heteroatoms. The second kappa shape index (κ2) is 5.19. The van der Waals surface area contributed by atoms with E-state index in [1.165, 1.54) is 6.07 Å². The number of methoxy groups -OCH3 is 1. The topological polar surface area (TPSA) is 30.5 Å². The van der Waals surface area contributed by atoms with E-state index < -0.39 is 0 Å². The molecule has 104 valence electrons. The Hall–Kier alpha value is -0.970. The predicted octanol–water partition coefficient (Wildman–Crippen LogP) is 2.56. The molecule has 1 aromatic carbocycles. The van der Waals surface area contributed by atoms with Crippen LogP contribution in [-0.2, 0) is 15.0 Å². The molecule has 2 fully saturated rings. The van der Waals surface area contributed by atoms with Crippen LogP contribution in [-0.4, -0.2) is 26.0 Å². The second-order valence-electron chi connectivity index (χ2n) is 5.48. The first-order chi connectivity index (χ1) is 9.26. The summed E-state index contributed by atoms with van der Waals surface area (Å²) in [6, 6.07) is 7.45. The molecule has 0 spiro atoms. The number of benzene rings is 1. The van der Waals surface area contributed by atoms with Crippen molar-refractivity contribution < 1.29 is 13.9 Å². The molecule has 3 nitrogen and oxygen atoms in total. The van der Waals surface area contributed by atoms with Crippen molar-refractivity contribution >= 4 is 0 Å². The van der Waals surface area contributed by atoms with E-state index in [0.717, 1.165) is 31.2 Å². The summed E-state index contributed by atoms with van der Waals surface area (Å²) in [5.74, 6) is -0.149. The van der Waals surface area contributed by atoms with Crippen molar-refractivity contribution in [2.75, 3.05) is 13.9 Å². The molecule has 1 N–H and O–H groups in total. The van der Waals surface area contributed by atoms with Crippen molar-refractivity contribution in [1.82, 2.24) is 5.32 Å². The van der Waals surface area contributed by atoms with Crippen LogP contribution in [0.1, 0.15) is 31.2 Å². The van der Waals surface area contributed by atoms with Gasteiger partial charge in [-0.2, -0.15) is 0 Å². The first-order valence-electron chi connectivity index (χ1n) is 6.89. The lowest BCUT2D eigenvalue weighted by Gasteiger charge is -2.38. The third kappa shape index (κ3) is 2.18. The molecule has 0 aromatic heterocycles. The zero-order chi connectivity index (χ0) is 13.3. The number of rotatable bonds is 4. The Labute approximate surface area is 113 Å². The fraction of sp³-hybridized carbons (Fsp3) is 0.600. The monoisotopic (exact) mass is 265 g/mol. The summed E-state index contributed by atoms with van der Waals surface area (Å²) in [7, 11) is 1.62. The molecule has 19 heavy (non-hydrogen) atoms. The zero-order valence-electron chi connectivity index (χ0n) is 11.2. The summed E-state index contributed by atoms with van der Waals surface area (Å²) < 4.78 is 25.0. The SMILES string of the molecule is COCOC1CC2CCCC1(c1ccccc1F)N2. The Morgan fingerprint density at radius 2 is 2.26 bits per heavy atom. The van der Waals surface area contributed by atoms with Crippen LogP contribution in [0.25, 0.3) is 0 Å². The van der Waals surface area contributed by atoms with Gasteiger partial charge in [-0.15, -0.1) is 0 Å². The van der Waals surface area contributed by atoms with Crippen molar-refractivity contribution in [2.45, 2.75) is 43.4 Å². The minimum Gasteiger partial charge on any atom is -0.359 e. The highest BCUT2D eigenvalue weighted by atomic mass is 19.1. The predicted molar refractivity (Wildman–Crippen MR) is 70.2 cm³/mol. The fourth-order valence-corrected chi connectivity index (χ4v) is 3.60. The van der Waals surface area contributed by atoms with Crippen molar-refractivity contribution in [1.29, 1.82) is 0 Å². The molecule has 2 bridgehead atoms. The Morgan fingerprint density at radius 1 is 1.42 bits per heavy atom. The van der Waals surface area contributed by atoms with Gasteiger partial charge < -0.3 is 14.8 Å². The van der Waals surface area contributed by atoms with Crippen LogP contribution < -0.4 is 5.32 Å². The lowest BCUT2D eigenvalue weighted by atomic mass is 9.81. The number of halogens is 1. The molecule has 0 aliphatic carbocycles. The summed E-state index contributed by atoms with van der Waals surface area (Å²) in [5.41, 5.74) is 0.352. The lowest BCUT2D eigenvalue weighted by molar-refractivity contribution is -0.0946. The van der Waals surface area contributed by atoms with E-state index in [1.54, 1.807) is 13.2 Å². The lowest BCUT2D eigenvalue weighted by Crippen LogP contribution is -2.50. The van der Waals surface area contributed by atoms with Crippen LogP contribution in [0.2, 0.25) is 0 Å². The van der Waals surface area contributed by atoms with Gasteiger partial charge in [0.25, 0.3) is 0 Å². The molecule has 0 saturated carbocycles. The van der Waals surface area contributed by atoms with E-state index in [4.69, 9.17) is 9.47 Å². The van der Waals surface area contributed by atoms with Gasteiger partial charge >= 0.3 is 0 Å². The smallest absolute Gasteiger partial charge is 0.146 e. The van der Waals surface area contributed by atoms with Gasteiger partial charge in [-0.1, -0.05) is 18.2 Å². The third-order valence-corrected chi connectivity index (χ3v) is 4.38. The maximum atomic E-state index is 14.2. The van der Waals surface area contributed by atoms with Gasteiger partial charge in [-0.25, -0.2) is 4.39 Å². The largest absolute Gasteiger partial charge is 0.359 e. The van der Waals surface area contributed by atoms with Crippen LogP contribution in [0.3, 0.4) is 0 Å². The van der Waals surface area contributed by atoms with Crippen LogP contribution in [0.5, 0.6) is 0 Å². The first kappa shape index (κ1) is 13.0. The molecule has 2 aliphatic rings. The Bertz CT molecular complexity index is 454. The molecule has 3 unspecified atom stereocenters. The quantitative estimate of drug-likeness (QED) is 0.849. The Balaban J connectivity index is 1.95. The zero-order valence-corrected chi connectivity index (χ0v) is 11.2. The van der Waals surface area contributed by atoms with Crippen LogP contribution in [0.15, 0.2) is 24.3 Å². The highest BCUT2D eigenvalue weighted by molar-refractivity contribution is 5.31. The van der Waals surface area contributed by atoms with Gasteiger partial charge in [0.1, 0.15) is 12.6 Å². The number of fused-ring (bicyclic) bond motifs is 2. The van der Waals surface area contributed by atoms with Crippen molar-refractivity contribution in [3.63, 3.8) is 0 Å². The average Bonchev–Trinajstić information content (AvgIpc) is 2.68. The maximum absolute atomic E-state index is 14.2. The minimum absolute atomic E-state index is 0.0168. The van der Waals surface area contributed by atoms with Gasteiger partial charge in [0.15, 0.2) is 0 Å². The molecule has 0 amide bonds. The number of piperidine rings is 1. The van der Waals surface area contributed by atoms with E-state index in [1.807, 2.05) is 12.1 Å². The number of hydrogen-bond acceptors (Lipinski definition) is 3. The molecule has 3 rings (SSSR count). The summed E-state index contributed by atoms with van der Waals surface area (Å²) in [4.78, 5) is 0. The van der Waals surface area contributed by atoms with Crippen LogP contribution in [0, 0.1) is 5.82 Å². The van der Waals surface area contributed by atoms with Crippen molar-refractivity contribution in [3.8, 4) is 0 Å². The van der Waals surface area contributed by atoms with Gasteiger partial charge in [-0.05, 0) is 31.7 Å². The highest BCUT2D eigenvalue weighted by Gasteiger charge is 2.51. The third-order valence-electron chi connectivity index (χ3n) is 4.38. The number of ether oxygens (including phenoxy) is 2. The van der Waals surface area contributed by atoms with E-state index in [-0.39, 0.29) is 24.3 Å². The first-order valence-corrected chi connectivity index (χ1v) is 6.89. The van der Waals surface area contributed by atoms with Crippen LogP contribution >= 0.6 is 0 Å². The molecule has 2 aliphatic heterocycles. The van der Waals surface area contributed by atoms with Crippen molar-refractivity contribution in [3.05, 3.63) is 35.6 Å². The second-order valence-corrected chi connectivity index (χ2v) is 5.48. The molecule has 1 aromatic rings. The van der Waals surface area contributed by atoms with Gasteiger partial charge in [0.2, 0.25) is 0 Å². The maximum Gasteiger partial charge on any atom is 0.146 e. The van der Waals surface area contributed by atoms with Gasteiger partial charge in [0.05, 0.1) is 11.6 Å². The fourth-order valence-electron chi connectivity index (χ4n) is 3.60. The van der Waals surface area contributed by atoms with Crippen LogP contribution in [0.4, 0.5) is 4.39 Å². The molecule has 2 saturated heterocycles. The summed E-state index contributed by atoms with van der Waals surface area (Å²) in [6.45, 7) is 0.259. The average molecular weight is 265 g/mol.